The van der Waals surface area contributed by atoms with Gasteiger partial charge in [-0.3, -0.25) is 9.89 Å². The highest BCUT2D eigenvalue weighted by molar-refractivity contribution is 6.03. The normalized spacial score (nSPS) is 10.6. The molecule has 0 bridgehead atoms. The van der Waals surface area contributed by atoms with Crippen molar-refractivity contribution in [2.75, 3.05) is 5.32 Å². The second-order valence-corrected chi connectivity index (χ2v) is 4.33. The van der Waals surface area contributed by atoms with Gasteiger partial charge in [-0.15, -0.1) is 0 Å². The molecule has 0 unspecified atom stereocenters. The molecule has 3 rings (SSSR count). The number of anilines is 1. The van der Waals surface area contributed by atoms with E-state index in [2.05, 4.69) is 20.5 Å². The number of rotatable bonds is 3. The number of hydrogen-bond donors (Lipinski definition) is 3. The second kappa shape index (κ2) is 5.20. The lowest BCUT2D eigenvalue weighted by molar-refractivity contribution is 0.102. The van der Waals surface area contributed by atoms with Gasteiger partial charge in [0.1, 0.15) is 11.4 Å². The quantitative estimate of drug-likeness (QED) is 0.693. The van der Waals surface area contributed by atoms with Crippen molar-refractivity contribution in [2.24, 2.45) is 0 Å². The molecule has 2 aromatic heterocycles. The molecular weight excluding hydrogens is 278 g/mol. The summed E-state index contributed by atoms with van der Waals surface area (Å²) in [5.74, 6) is -2.49. The van der Waals surface area contributed by atoms with Crippen molar-refractivity contribution in [3.63, 3.8) is 0 Å². The minimum atomic E-state index is -1.02. The number of carbonyl (C=O) groups excluding carboxylic acids is 1. The standard InChI is InChI=1S/C14H10F2N4O/c15-9-4-3-8(6-10(9)16)18-14(21)13-7-12(19-20-13)11-2-1-5-17-11/h1-7,17H,(H,18,21)(H,19,20). The summed E-state index contributed by atoms with van der Waals surface area (Å²) in [6.45, 7) is 0. The van der Waals surface area contributed by atoms with Gasteiger partial charge in [0, 0.05) is 18.0 Å². The van der Waals surface area contributed by atoms with E-state index in [1.807, 2.05) is 12.1 Å². The smallest absolute Gasteiger partial charge is 0.273 e. The summed E-state index contributed by atoms with van der Waals surface area (Å²) >= 11 is 0. The summed E-state index contributed by atoms with van der Waals surface area (Å²) in [5.41, 5.74) is 1.72. The maximum atomic E-state index is 13.1. The van der Waals surface area contributed by atoms with Crippen molar-refractivity contribution in [1.82, 2.24) is 15.2 Å². The number of H-pyrrole nitrogens is 2. The Morgan fingerprint density at radius 1 is 1.14 bits per heavy atom. The molecule has 0 aliphatic carbocycles. The monoisotopic (exact) mass is 288 g/mol. The summed E-state index contributed by atoms with van der Waals surface area (Å²) in [7, 11) is 0. The van der Waals surface area contributed by atoms with Gasteiger partial charge in [-0.05, 0) is 30.3 Å². The molecule has 0 saturated heterocycles. The van der Waals surface area contributed by atoms with Crippen LogP contribution in [0.4, 0.5) is 14.5 Å². The third-order valence-electron chi connectivity index (χ3n) is 2.87. The average molecular weight is 288 g/mol. The number of amides is 1. The van der Waals surface area contributed by atoms with Crippen molar-refractivity contribution in [1.29, 1.82) is 0 Å². The predicted octanol–water partition coefficient (Wildman–Crippen LogP) is 2.94. The molecule has 0 fully saturated rings. The highest BCUT2D eigenvalue weighted by Crippen LogP contribution is 2.17. The van der Waals surface area contributed by atoms with Gasteiger partial charge in [-0.1, -0.05) is 0 Å². The van der Waals surface area contributed by atoms with Crippen molar-refractivity contribution >= 4 is 11.6 Å². The van der Waals surface area contributed by atoms with Crippen LogP contribution in [0.3, 0.4) is 0 Å². The zero-order chi connectivity index (χ0) is 14.8. The van der Waals surface area contributed by atoms with E-state index in [0.717, 1.165) is 17.8 Å². The fourth-order valence-electron chi connectivity index (χ4n) is 1.84. The summed E-state index contributed by atoms with van der Waals surface area (Å²) < 4.78 is 25.9. The van der Waals surface area contributed by atoms with E-state index in [9.17, 15) is 13.6 Å². The molecule has 2 heterocycles. The van der Waals surface area contributed by atoms with E-state index < -0.39 is 17.5 Å². The second-order valence-electron chi connectivity index (χ2n) is 4.33. The zero-order valence-corrected chi connectivity index (χ0v) is 10.7. The van der Waals surface area contributed by atoms with E-state index in [1.54, 1.807) is 12.3 Å². The van der Waals surface area contributed by atoms with Crippen molar-refractivity contribution < 1.29 is 13.6 Å². The molecule has 0 atom stereocenters. The minimum Gasteiger partial charge on any atom is -0.360 e. The number of nitrogens with zero attached hydrogens (tertiary/aromatic N) is 1. The first-order valence-electron chi connectivity index (χ1n) is 6.09. The number of carbonyl (C=O) groups is 1. The Kier molecular flexibility index (Phi) is 3.23. The Morgan fingerprint density at radius 2 is 2.00 bits per heavy atom. The number of aromatic nitrogens is 3. The number of hydrogen-bond acceptors (Lipinski definition) is 2. The van der Waals surface area contributed by atoms with Gasteiger partial charge in [0.15, 0.2) is 11.6 Å². The Bertz CT molecular complexity index is 780. The third kappa shape index (κ3) is 2.66. The molecule has 7 heteroatoms. The summed E-state index contributed by atoms with van der Waals surface area (Å²) in [6, 6.07) is 8.32. The molecule has 3 N–H and O–H groups in total. The summed E-state index contributed by atoms with van der Waals surface area (Å²) in [5, 5.41) is 9.05. The SMILES string of the molecule is O=C(Nc1ccc(F)c(F)c1)c1cc(-c2ccc[nH]2)n[nH]1. The predicted molar refractivity (Wildman–Crippen MR) is 72.7 cm³/mol. The van der Waals surface area contributed by atoms with E-state index >= 15 is 0 Å². The van der Waals surface area contributed by atoms with Crippen LogP contribution >= 0.6 is 0 Å². The van der Waals surface area contributed by atoms with Crippen LogP contribution in [0.2, 0.25) is 0 Å². The van der Waals surface area contributed by atoms with Gasteiger partial charge < -0.3 is 10.3 Å². The van der Waals surface area contributed by atoms with Gasteiger partial charge in [0.2, 0.25) is 0 Å². The fraction of sp³-hybridized carbons (Fsp3) is 0. The molecule has 1 amide bonds. The lowest BCUT2D eigenvalue weighted by atomic mass is 10.2. The number of aromatic amines is 2. The van der Waals surface area contributed by atoms with Crippen molar-refractivity contribution in [3.05, 3.63) is 59.9 Å². The van der Waals surface area contributed by atoms with Crippen molar-refractivity contribution in [3.8, 4) is 11.4 Å². The Hall–Kier alpha value is -2.96. The molecule has 0 aliphatic rings. The Balaban J connectivity index is 1.78. The summed E-state index contributed by atoms with van der Waals surface area (Å²) in [6.07, 6.45) is 1.74. The van der Waals surface area contributed by atoms with Crippen LogP contribution in [-0.2, 0) is 0 Å². The van der Waals surface area contributed by atoms with Gasteiger partial charge in [0.25, 0.3) is 5.91 Å². The van der Waals surface area contributed by atoms with E-state index in [-0.39, 0.29) is 11.4 Å². The molecule has 21 heavy (non-hydrogen) atoms. The molecule has 106 valence electrons. The number of halogens is 2. The molecule has 0 saturated carbocycles. The summed E-state index contributed by atoms with van der Waals surface area (Å²) in [4.78, 5) is 14.9. The largest absolute Gasteiger partial charge is 0.360 e. The van der Waals surface area contributed by atoms with E-state index in [4.69, 9.17) is 0 Å². The molecule has 0 aliphatic heterocycles. The Morgan fingerprint density at radius 3 is 2.71 bits per heavy atom. The van der Waals surface area contributed by atoms with Gasteiger partial charge in [0.05, 0.1) is 5.69 Å². The van der Waals surface area contributed by atoms with Crippen LogP contribution in [-0.4, -0.2) is 21.1 Å². The zero-order valence-electron chi connectivity index (χ0n) is 10.7. The minimum absolute atomic E-state index is 0.162. The first-order chi connectivity index (χ1) is 10.1. The number of benzene rings is 1. The topological polar surface area (TPSA) is 73.6 Å². The lowest BCUT2D eigenvalue weighted by Gasteiger charge is -2.03. The van der Waals surface area contributed by atoms with Crippen LogP contribution in [0, 0.1) is 11.6 Å². The highest BCUT2D eigenvalue weighted by atomic mass is 19.2. The van der Waals surface area contributed by atoms with Gasteiger partial charge in [-0.25, -0.2) is 8.78 Å². The first kappa shape index (κ1) is 13.0. The van der Waals surface area contributed by atoms with Crippen LogP contribution in [0.25, 0.3) is 11.4 Å². The van der Waals surface area contributed by atoms with E-state index in [1.165, 1.54) is 6.07 Å². The van der Waals surface area contributed by atoms with Crippen LogP contribution in [0.15, 0.2) is 42.6 Å². The molecule has 3 aromatic rings. The van der Waals surface area contributed by atoms with Crippen LogP contribution in [0.1, 0.15) is 10.5 Å². The van der Waals surface area contributed by atoms with Gasteiger partial charge >= 0.3 is 0 Å². The molecule has 1 aromatic carbocycles. The van der Waals surface area contributed by atoms with Crippen LogP contribution in [0.5, 0.6) is 0 Å². The first-order valence-corrected chi connectivity index (χ1v) is 6.09. The highest BCUT2D eigenvalue weighted by Gasteiger charge is 2.12. The lowest BCUT2D eigenvalue weighted by Crippen LogP contribution is -2.12. The average Bonchev–Trinajstić information content (AvgIpc) is 3.12. The maximum absolute atomic E-state index is 13.1. The molecule has 0 radical (unpaired) electrons. The van der Waals surface area contributed by atoms with E-state index in [0.29, 0.717) is 5.69 Å². The number of nitrogens with one attached hydrogen (secondary N) is 3. The third-order valence-corrected chi connectivity index (χ3v) is 2.87. The molecule has 5 nitrogen and oxygen atoms in total. The molecular formula is C14H10F2N4O. The fourth-order valence-corrected chi connectivity index (χ4v) is 1.84. The van der Waals surface area contributed by atoms with Crippen LogP contribution < -0.4 is 5.32 Å². The molecule has 0 spiro atoms. The Labute approximate surface area is 118 Å². The van der Waals surface area contributed by atoms with Crippen molar-refractivity contribution in [2.45, 2.75) is 0 Å². The van der Waals surface area contributed by atoms with Gasteiger partial charge in [-0.2, -0.15) is 5.10 Å². The maximum Gasteiger partial charge on any atom is 0.273 e.